The maximum Gasteiger partial charge on any atom is 0.303 e. The van der Waals surface area contributed by atoms with Crippen LogP contribution in [-0.4, -0.2) is 49.8 Å². The zero-order valence-electron chi connectivity index (χ0n) is 15.2. The van der Waals surface area contributed by atoms with Crippen molar-refractivity contribution < 1.29 is 19.0 Å². The fourth-order valence-corrected chi connectivity index (χ4v) is 5.66. The molecule has 1 unspecified atom stereocenters. The van der Waals surface area contributed by atoms with Crippen molar-refractivity contribution in [1.82, 2.24) is 4.90 Å². The van der Waals surface area contributed by atoms with Gasteiger partial charge in [0.15, 0.2) is 17.6 Å². The molecule has 140 valence electrons. The molecule has 1 saturated heterocycles. The number of rotatable bonds is 2. The molecule has 0 saturated carbocycles. The smallest absolute Gasteiger partial charge is 0.303 e. The van der Waals surface area contributed by atoms with E-state index in [2.05, 4.69) is 24.1 Å². The Kier molecular flexibility index (Phi) is 4.01. The molecular formula is C20H24ClNO4. The third kappa shape index (κ3) is 2.04. The van der Waals surface area contributed by atoms with Gasteiger partial charge in [0, 0.05) is 29.9 Å². The molecule has 6 heteroatoms. The van der Waals surface area contributed by atoms with E-state index in [9.17, 15) is 4.79 Å². The minimum absolute atomic E-state index is 0. The van der Waals surface area contributed by atoms with E-state index in [1.807, 2.05) is 12.1 Å². The van der Waals surface area contributed by atoms with Crippen LogP contribution in [0.2, 0.25) is 0 Å². The van der Waals surface area contributed by atoms with Crippen molar-refractivity contribution in [2.24, 2.45) is 5.92 Å². The van der Waals surface area contributed by atoms with Crippen molar-refractivity contribution in [2.75, 3.05) is 20.7 Å². The molecule has 0 radical (unpaired) electrons. The summed E-state index contributed by atoms with van der Waals surface area (Å²) in [5, 5.41) is 0. The Morgan fingerprint density at radius 2 is 2.15 bits per heavy atom. The molecule has 0 N–H and O–H groups in total. The van der Waals surface area contributed by atoms with Gasteiger partial charge in [0.2, 0.25) is 0 Å². The van der Waals surface area contributed by atoms with E-state index in [1.54, 1.807) is 7.11 Å². The van der Waals surface area contributed by atoms with Gasteiger partial charge < -0.3 is 19.1 Å². The number of nitrogens with zero attached hydrogens (tertiary/aromatic N) is 1. The lowest BCUT2D eigenvalue weighted by atomic mass is 9.53. The van der Waals surface area contributed by atoms with Crippen LogP contribution in [0.3, 0.4) is 0 Å². The number of methoxy groups -OCH3 is 1. The highest BCUT2D eigenvalue weighted by Crippen LogP contribution is 2.62. The highest BCUT2D eigenvalue weighted by atomic mass is 35.5. The average molecular weight is 378 g/mol. The van der Waals surface area contributed by atoms with Crippen molar-refractivity contribution in [3.8, 4) is 11.5 Å². The van der Waals surface area contributed by atoms with Crippen molar-refractivity contribution in [2.45, 2.75) is 43.4 Å². The second-order valence-corrected chi connectivity index (χ2v) is 7.70. The van der Waals surface area contributed by atoms with Crippen LogP contribution in [0.4, 0.5) is 0 Å². The van der Waals surface area contributed by atoms with E-state index in [-0.39, 0.29) is 36.0 Å². The zero-order chi connectivity index (χ0) is 17.3. The molecule has 2 aliphatic heterocycles. The Balaban J connectivity index is 0.00000168. The van der Waals surface area contributed by atoms with E-state index in [0.717, 1.165) is 30.9 Å². The van der Waals surface area contributed by atoms with Crippen LogP contribution in [0.5, 0.6) is 11.5 Å². The van der Waals surface area contributed by atoms with Gasteiger partial charge in [0.1, 0.15) is 6.10 Å². The first kappa shape index (κ1) is 17.7. The van der Waals surface area contributed by atoms with Crippen LogP contribution in [0, 0.1) is 5.92 Å². The lowest BCUT2D eigenvalue weighted by molar-refractivity contribution is -0.152. The average Bonchev–Trinajstić information content (AvgIpc) is 2.94. The molecule has 2 bridgehead atoms. The van der Waals surface area contributed by atoms with Gasteiger partial charge in [-0.25, -0.2) is 0 Å². The number of piperidine rings is 1. The molecule has 5 nitrogen and oxygen atoms in total. The summed E-state index contributed by atoms with van der Waals surface area (Å²) in [5.74, 6) is 1.75. The third-order valence-corrected chi connectivity index (χ3v) is 6.64. The van der Waals surface area contributed by atoms with Gasteiger partial charge in [-0.3, -0.25) is 4.79 Å². The minimum atomic E-state index is -0.346. The molecule has 1 spiro atoms. The molecule has 5 rings (SSSR count). The summed E-state index contributed by atoms with van der Waals surface area (Å²) in [7, 11) is 3.89. The summed E-state index contributed by atoms with van der Waals surface area (Å²) in [6.45, 7) is 2.49. The summed E-state index contributed by atoms with van der Waals surface area (Å²) in [6, 6.07) is 4.65. The second kappa shape index (κ2) is 5.89. The van der Waals surface area contributed by atoms with Gasteiger partial charge in [-0.15, -0.1) is 12.4 Å². The van der Waals surface area contributed by atoms with E-state index in [1.165, 1.54) is 18.1 Å². The summed E-state index contributed by atoms with van der Waals surface area (Å²) in [5.41, 5.74) is 2.53. The van der Waals surface area contributed by atoms with Gasteiger partial charge in [0.25, 0.3) is 0 Å². The highest BCUT2D eigenvalue weighted by Gasteiger charge is 2.65. The van der Waals surface area contributed by atoms with Crippen molar-refractivity contribution in [1.29, 1.82) is 0 Å². The van der Waals surface area contributed by atoms with Crippen molar-refractivity contribution >= 4 is 18.4 Å². The van der Waals surface area contributed by atoms with Gasteiger partial charge in [0.05, 0.1) is 7.11 Å². The number of likely N-dealkylation sites (tertiary alicyclic amines) is 1. The van der Waals surface area contributed by atoms with E-state index < -0.39 is 0 Å². The van der Waals surface area contributed by atoms with Gasteiger partial charge >= 0.3 is 5.97 Å². The molecule has 0 amide bonds. The van der Waals surface area contributed by atoms with Gasteiger partial charge in [-0.1, -0.05) is 12.1 Å². The maximum absolute atomic E-state index is 11.6. The maximum atomic E-state index is 11.6. The molecule has 1 fully saturated rings. The largest absolute Gasteiger partial charge is 0.493 e. The lowest BCUT2D eigenvalue weighted by Crippen LogP contribution is -2.65. The predicted molar refractivity (Wildman–Crippen MR) is 99.3 cm³/mol. The third-order valence-electron chi connectivity index (χ3n) is 6.64. The number of ether oxygens (including phenoxy) is 3. The molecule has 2 heterocycles. The molecular weight excluding hydrogens is 354 g/mol. The van der Waals surface area contributed by atoms with Crippen molar-refractivity contribution in [3.05, 3.63) is 35.4 Å². The highest BCUT2D eigenvalue weighted by molar-refractivity contribution is 5.85. The molecule has 4 aliphatic rings. The van der Waals surface area contributed by atoms with E-state index in [4.69, 9.17) is 14.2 Å². The zero-order valence-corrected chi connectivity index (χ0v) is 16.0. The fourth-order valence-electron chi connectivity index (χ4n) is 5.66. The molecule has 0 aromatic heterocycles. The molecule has 26 heavy (non-hydrogen) atoms. The van der Waals surface area contributed by atoms with Crippen LogP contribution in [0.25, 0.3) is 0 Å². The number of benzene rings is 1. The fraction of sp³-hybridized carbons (Fsp3) is 0.550. The number of esters is 1. The Bertz CT molecular complexity index is 794. The molecule has 2 aliphatic carbocycles. The van der Waals surface area contributed by atoms with Crippen LogP contribution < -0.4 is 9.47 Å². The van der Waals surface area contributed by atoms with Crippen LogP contribution in [0.15, 0.2) is 24.3 Å². The quantitative estimate of drug-likeness (QED) is 0.585. The van der Waals surface area contributed by atoms with Crippen LogP contribution >= 0.6 is 12.4 Å². The molecule has 1 aromatic carbocycles. The Labute approximate surface area is 159 Å². The van der Waals surface area contributed by atoms with E-state index >= 15 is 0 Å². The Hall–Kier alpha value is -1.72. The standard InChI is InChI=1S/C20H23NO4.ClH/c1-11(22)24-16-7-5-13-14-10-12-4-6-15(23-3)18-17(12)20(13,19(16)25-18)8-9-21(14)2;/h4-7,13-14,16,19H,8-10H2,1-3H3;1H/t13-,14+,16?,19-,20-;/m0./s1. The first-order chi connectivity index (χ1) is 12.1. The topological polar surface area (TPSA) is 48.0 Å². The van der Waals surface area contributed by atoms with E-state index in [0.29, 0.717) is 12.0 Å². The van der Waals surface area contributed by atoms with Crippen LogP contribution in [0.1, 0.15) is 24.5 Å². The first-order valence-corrected chi connectivity index (χ1v) is 8.99. The molecule has 1 aromatic rings. The van der Waals surface area contributed by atoms with Gasteiger partial charge in [-0.2, -0.15) is 0 Å². The first-order valence-electron chi connectivity index (χ1n) is 8.99. The summed E-state index contributed by atoms with van der Waals surface area (Å²) >= 11 is 0. The number of likely N-dealkylation sites (N-methyl/N-ethyl adjacent to an activating group) is 1. The SMILES string of the molecule is COc1ccc2c3c1O[C@H]1C(OC(C)=O)C=C[C@H]4[C@@H](C2)N(C)CC[C@]314.Cl. The monoisotopic (exact) mass is 377 g/mol. The molecule has 5 atom stereocenters. The number of hydrogen-bond acceptors (Lipinski definition) is 5. The predicted octanol–water partition coefficient (Wildman–Crippen LogP) is 2.49. The lowest BCUT2D eigenvalue weighted by Gasteiger charge is -2.56. The van der Waals surface area contributed by atoms with Gasteiger partial charge in [-0.05, 0) is 44.1 Å². The number of carbonyl (C=O) groups excluding carboxylic acids is 1. The summed E-state index contributed by atoms with van der Waals surface area (Å²) in [6.07, 6.45) is 5.81. The Morgan fingerprint density at radius 3 is 2.88 bits per heavy atom. The number of halogens is 1. The minimum Gasteiger partial charge on any atom is -0.493 e. The van der Waals surface area contributed by atoms with Crippen LogP contribution in [-0.2, 0) is 21.4 Å². The second-order valence-electron chi connectivity index (χ2n) is 7.70. The Morgan fingerprint density at radius 1 is 1.35 bits per heavy atom. The number of carbonyl (C=O) groups is 1. The summed E-state index contributed by atoms with van der Waals surface area (Å²) in [4.78, 5) is 14.1. The van der Waals surface area contributed by atoms with Crippen molar-refractivity contribution in [3.63, 3.8) is 0 Å². The number of hydrogen-bond donors (Lipinski definition) is 0. The summed E-state index contributed by atoms with van der Waals surface area (Å²) < 4.78 is 17.7. The normalized spacial score (nSPS) is 35.8.